The molecule has 0 amide bonds. The van der Waals surface area contributed by atoms with Crippen molar-refractivity contribution in [2.45, 2.75) is 70.6 Å². The molecule has 198 valence electrons. The van der Waals surface area contributed by atoms with Crippen LogP contribution in [0.5, 0.6) is 11.5 Å². The smallest absolute Gasteiger partial charge is 0.252 e. The highest BCUT2D eigenvalue weighted by Gasteiger charge is 2.33. The third kappa shape index (κ3) is 5.03. The largest absolute Gasteiger partial charge is 0.486 e. The highest BCUT2D eigenvalue weighted by Crippen LogP contribution is 2.36. The van der Waals surface area contributed by atoms with E-state index in [1.165, 1.54) is 12.8 Å². The lowest BCUT2D eigenvalue weighted by Gasteiger charge is -2.35. The van der Waals surface area contributed by atoms with Crippen LogP contribution in [-0.2, 0) is 13.1 Å². The van der Waals surface area contributed by atoms with Crippen molar-refractivity contribution in [3.63, 3.8) is 0 Å². The summed E-state index contributed by atoms with van der Waals surface area (Å²) < 4.78 is 13.4. The van der Waals surface area contributed by atoms with Gasteiger partial charge in [-0.2, -0.15) is 0 Å². The van der Waals surface area contributed by atoms with Gasteiger partial charge in [-0.1, -0.05) is 56.5 Å². The maximum absolute atomic E-state index is 13.3. The molecule has 2 aliphatic rings. The van der Waals surface area contributed by atoms with Crippen LogP contribution in [0.25, 0.3) is 10.9 Å². The number of benzene rings is 2. The van der Waals surface area contributed by atoms with Crippen molar-refractivity contribution in [3.05, 3.63) is 75.8 Å². The molecule has 1 N–H and O–H groups in total. The van der Waals surface area contributed by atoms with E-state index in [4.69, 9.17) is 9.47 Å². The van der Waals surface area contributed by atoms with Gasteiger partial charge >= 0.3 is 0 Å². The maximum Gasteiger partial charge on any atom is 0.252 e. The number of ether oxygens (including phenoxy) is 2. The molecule has 4 aromatic rings. The summed E-state index contributed by atoms with van der Waals surface area (Å²) in [5.41, 5.74) is 2.58. The molecule has 38 heavy (non-hydrogen) atoms. The Balaban J connectivity index is 1.36. The maximum atomic E-state index is 13.3. The first-order chi connectivity index (χ1) is 18.7. The number of hydrogen-bond donors (Lipinski definition) is 1. The first kappa shape index (κ1) is 24.6. The van der Waals surface area contributed by atoms with E-state index in [-0.39, 0.29) is 11.6 Å². The zero-order valence-corrected chi connectivity index (χ0v) is 21.8. The number of aromatic amines is 1. The Morgan fingerprint density at radius 2 is 1.84 bits per heavy atom. The zero-order valence-electron chi connectivity index (χ0n) is 21.8. The van der Waals surface area contributed by atoms with Gasteiger partial charge in [-0.3, -0.25) is 9.69 Å². The lowest BCUT2D eigenvalue weighted by Crippen LogP contribution is -2.39. The third-order valence-electron chi connectivity index (χ3n) is 7.73. The average molecular weight is 515 g/mol. The molecule has 1 fully saturated rings. The van der Waals surface area contributed by atoms with E-state index in [9.17, 15) is 4.79 Å². The van der Waals surface area contributed by atoms with Gasteiger partial charge in [-0.05, 0) is 47.4 Å². The van der Waals surface area contributed by atoms with Gasteiger partial charge < -0.3 is 14.5 Å². The van der Waals surface area contributed by atoms with E-state index in [1.807, 2.05) is 41.1 Å². The highest BCUT2D eigenvalue weighted by atomic mass is 16.6. The predicted octanol–water partition coefficient (Wildman–Crippen LogP) is 4.62. The van der Waals surface area contributed by atoms with Crippen LogP contribution in [0.1, 0.15) is 68.4 Å². The first-order valence-corrected chi connectivity index (χ1v) is 13.7. The van der Waals surface area contributed by atoms with Crippen LogP contribution in [0.3, 0.4) is 0 Å². The van der Waals surface area contributed by atoms with Crippen LogP contribution in [0, 0.1) is 0 Å². The monoisotopic (exact) mass is 514 g/mol. The Morgan fingerprint density at radius 1 is 1.08 bits per heavy atom. The third-order valence-corrected chi connectivity index (χ3v) is 7.73. The Bertz CT molecular complexity index is 1440. The minimum atomic E-state index is -0.0729. The molecule has 0 unspecified atom stereocenters. The second kappa shape index (κ2) is 10.9. The fraction of sp³-hybridized carbons (Fsp3) is 0.448. The predicted molar refractivity (Wildman–Crippen MR) is 144 cm³/mol. The number of nitrogens with zero attached hydrogens (tertiary/aromatic N) is 5. The SMILES string of the molecule is CCC[C@H](c1nnnn1Cc1ccccc1)N(Cc1cc2cc3c(cc2[nH]c1=O)OCCO3)C1CCCC1. The summed E-state index contributed by atoms with van der Waals surface area (Å²) in [6.45, 7) is 4.39. The van der Waals surface area contributed by atoms with E-state index in [2.05, 4.69) is 44.5 Å². The number of rotatable bonds is 9. The van der Waals surface area contributed by atoms with Gasteiger partial charge in [0.25, 0.3) is 5.56 Å². The van der Waals surface area contributed by atoms with Crippen molar-refractivity contribution in [2.24, 2.45) is 0 Å². The van der Waals surface area contributed by atoms with Gasteiger partial charge in [0.2, 0.25) is 0 Å². The summed E-state index contributed by atoms with van der Waals surface area (Å²) in [6, 6.07) is 16.5. The standard InChI is InChI=1S/C29H34N6O3/c1-2-8-25(28-31-32-33-35(28)18-20-9-4-3-5-10-20)34(23-11-6-7-12-23)19-22-15-21-16-26-27(38-14-13-37-26)17-24(21)30-29(22)36/h3-5,9-10,15-17,23,25H,2,6-8,11-14,18-19H2,1H3,(H,30,36)/t25-/m1/s1. The van der Waals surface area contributed by atoms with E-state index >= 15 is 0 Å². The molecule has 1 atom stereocenters. The molecule has 0 spiro atoms. The minimum absolute atomic E-state index is 0.0113. The molecular weight excluding hydrogens is 480 g/mol. The second-order valence-corrected chi connectivity index (χ2v) is 10.3. The molecule has 3 heterocycles. The van der Waals surface area contributed by atoms with Gasteiger partial charge in [0, 0.05) is 29.6 Å². The van der Waals surface area contributed by atoms with Crippen molar-refractivity contribution in [1.82, 2.24) is 30.1 Å². The van der Waals surface area contributed by atoms with Crippen molar-refractivity contribution in [1.29, 1.82) is 0 Å². The first-order valence-electron chi connectivity index (χ1n) is 13.7. The molecule has 0 radical (unpaired) electrons. The summed E-state index contributed by atoms with van der Waals surface area (Å²) in [6.07, 6.45) is 6.54. The number of tetrazole rings is 1. The number of H-pyrrole nitrogens is 1. The molecule has 0 bridgehead atoms. The molecule has 1 aliphatic carbocycles. The molecule has 0 saturated heterocycles. The van der Waals surface area contributed by atoms with Gasteiger partial charge in [0.15, 0.2) is 17.3 Å². The molecule has 2 aromatic carbocycles. The number of nitrogens with one attached hydrogen (secondary N) is 1. The lowest BCUT2D eigenvalue weighted by molar-refractivity contribution is 0.108. The number of hydrogen-bond acceptors (Lipinski definition) is 7. The van der Waals surface area contributed by atoms with Crippen molar-refractivity contribution < 1.29 is 9.47 Å². The van der Waals surface area contributed by atoms with Gasteiger partial charge in [0.1, 0.15) is 13.2 Å². The van der Waals surface area contributed by atoms with E-state index in [0.717, 1.165) is 59.3 Å². The van der Waals surface area contributed by atoms with Crippen LogP contribution in [-0.4, -0.2) is 49.3 Å². The molecule has 6 rings (SSSR count). The summed E-state index contributed by atoms with van der Waals surface area (Å²) in [4.78, 5) is 18.9. The molecular formula is C29H34N6O3. The highest BCUT2D eigenvalue weighted by molar-refractivity contribution is 5.83. The fourth-order valence-corrected chi connectivity index (χ4v) is 5.87. The van der Waals surface area contributed by atoms with Crippen LogP contribution >= 0.6 is 0 Å². The topological polar surface area (TPSA) is 98.2 Å². The van der Waals surface area contributed by atoms with E-state index < -0.39 is 0 Å². The second-order valence-electron chi connectivity index (χ2n) is 10.3. The van der Waals surface area contributed by atoms with Crippen molar-refractivity contribution >= 4 is 10.9 Å². The Hall–Kier alpha value is -3.72. The Labute approximate surface area is 221 Å². The number of pyridine rings is 1. The zero-order chi connectivity index (χ0) is 25.9. The van der Waals surface area contributed by atoms with E-state index in [0.29, 0.717) is 38.1 Å². The number of aromatic nitrogens is 5. The minimum Gasteiger partial charge on any atom is -0.486 e. The average Bonchev–Trinajstić information content (AvgIpc) is 3.63. The summed E-state index contributed by atoms with van der Waals surface area (Å²) in [5, 5.41) is 13.9. The van der Waals surface area contributed by atoms with Crippen molar-refractivity contribution in [3.8, 4) is 11.5 Å². The van der Waals surface area contributed by atoms with E-state index in [1.54, 1.807) is 0 Å². The lowest BCUT2D eigenvalue weighted by atomic mass is 10.0. The molecule has 9 heteroatoms. The van der Waals surface area contributed by atoms with Crippen molar-refractivity contribution in [2.75, 3.05) is 13.2 Å². The van der Waals surface area contributed by atoms with Gasteiger partial charge in [-0.15, -0.1) is 5.10 Å². The molecule has 1 aliphatic heterocycles. The normalized spacial score (nSPS) is 16.4. The van der Waals surface area contributed by atoms with Crippen LogP contribution < -0.4 is 15.0 Å². The Morgan fingerprint density at radius 3 is 2.61 bits per heavy atom. The summed E-state index contributed by atoms with van der Waals surface area (Å²) in [5.74, 6) is 2.26. The molecule has 1 saturated carbocycles. The summed E-state index contributed by atoms with van der Waals surface area (Å²) in [7, 11) is 0. The Kier molecular flexibility index (Phi) is 7.09. The molecule has 9 nitrogen and oxygen atoms in total. The molecule has 2 aromatic heterocycles. The van der Waals surface area contributed by atoms with Crippen LogP contribution in [0.15, 0.2) is 53.3 Å². The van der Waals surface area contributed by atoms with Gasteiger partial charge in [0.05, 0.1) is 18.1 Å². The quantitative estimate of drug-likeness (QED) is 0.348. The summed E-state index contributed by atoms with van der Waals surface area (Å²) >= 11 is 0. The van der Waals surface area contributed by atoms with Crippen LogP contribution in [0.4, 0.5) is 0 Å². The van der Waals surface area contributed by atoms with Crippen LogP contribution in [0.2, 0.25) is 0 Å². The fourth-order valence-electron chi connectivity index (χ4n) is 5.87. The number of fused-ring (bicyclic) bond motifs is 2. The van der Waals surface area contributed by atoms with Gasteiger partial charge in [-0.25, -0.2) is 4.68 Å².